The average molecular weight is 460 g/mol. The number of benzene rings is 2. The Hall–Kier alpha value is -2.94. The monoisotopic (exact) mass is 459 g/mol. The highest BCUT2D eigenvalue weighted by Gasteiger charge is 2.34. The van der Waals surface area contributed by atoms with Crippen LogP contribution in [0.1, 0.15) is 22.8 Å². The maximum atomic E-state index is 12.6. The van der Waals surface area contributed by atoms with E-state index in [-0.39, 0.29) is 12.3 Å². The molecule has 2 atom stereocenters. The molecule has 3 rings (SSSR count). The summed E-state index contributed by atoms with van der Waals surface area (Å²) in [5, 5.41) is 23.5. The Bertz CT molecular complexity index is 957. The van der Waals surface area contributed by atoms with Crippen LogP contribution in [0.3, 0.4) is 0 Å². The summed E-state index contributed by atoms with van der Waals surface area (Å²) in [7, 11) is 0. The molecule has 0 aromatic heterocycles. The third-order valence-corrected chi connectivity index (χ3v) is 5.68. The van der Waals surface area contributed by atoms with Crippen LogP contribution in [0.4, 0.5) is 5.69 Å². The molecule has 0 bridgehead atoms. The number of rotatable bonds is 7. The molecule has 32 heavy (non-hydrogen) atoms. The number of aliphatic hydroxyl groups excluding tert-OH is 2. The summed E-state index contributed by atoms with van der Waals surface area (Å²) >= 11 is 5.82. The van der Waals surface area contributed by atoms with Gasteiger partial charge in [0.1, 0.15) is 0 Å². The lowest BCUT2D eigenvalue weighted by molar-refractivity contribution is -0.153. The molecule has 170 valence electrons. The van der Waals surface area contributed by atoms with Crippen molar-refractivity contribution in [2.75, 3.05) is 31.1 Å². The standard InChI is InChI=1S/C23H26ClN3O5/c1-15(28)17-4-8-19(9-5-17)26-10-12-27(13-11-26)23(32)21(30)20(29)22(31)25-14-16-2-6-18(24)7-3-16/h2-9,20-21,29-30H,10-14H2,1H3,(H,25,31). The third-order valence-electron chi connectivity index (χ3n) is 5.43. The van der Waals surface area contributed by atoms with Crippen molar-refractivity contribution >= 4 is 34.9 Å². The molecule has 8 nitrogen and oxygen atoms in total. The van der Waals surface area contributed by atoms with Crippen LogP contribution in [0.5, 0.6) is 0 Å². The van der Waals surface area contributed by atoms with Crippen LogP contribution in [0.25, 0.3) is 0 Å². The van der Waals surface area contributed by atoms with Crippen LogP contribution < -0.4 is 10.2 Å². The molecule has 1 aliphatic heterocycles. The SMILES string of the molecule is CC(=O)c1ccc(N2CCN(C(=O)C(O)C(O)C(=O)NCc3ccc(Cl)cc3)CC2)cc1. The van der Waals surface area contributed by atoms with Gasteiger partial charge in [-0.15, -0.1) is 0 Å². The predicted octanol–water partition coefficient (Wildman–Crippen LogP) is 1.23. The molecule has 1 aliphatic rings. The molecule has 1 saturated heterocycles. The number of nitrogens with zero attached hydrogens (tertiary/aromatic N) is 2. The maximum Gasteiger partial charge on any atom is 0.254 e. The van der Waals surface area contributed by atoms with Gasteiger partial charge in [-0.05, 0) is 48.9 Å². The molecule has 0 radical (unpaired) electrons. The van der Waals surface area contributed by atoms with Gasteiger partial charge in [-0.3, -0.25) is 14.4 Å². The van der Waals surface area contributed by atoms with Crippen molar-refractivity contribution in [1.29, 1.82) is 0 Å². The van der Waals surface area contributed by atoms with Crippen molar-refractivity contribution in [3.05, 3.63) is 64.7 Å². The molecule has 0 spiro atoms. The maximum absolute atomic E-state index is 12.6. The van der Waals surface area contributed by atoms with E-state index in [0.717, 1.165) is 11.3 Å². The zero-order valence-corrected chi connectivity index (χ0v) is 18.5. The van der Waals surface area contributed by atoms with Gasteiger partial charge in [0, 0.05) is 49.0 Å². The molecule has 2 aromatic carbocycles. The minimum atomic E-state index is -1.87. The lowest BCUT2D eigenvalue weighted by atomic mass is 10.1. The van der Waals surface area contributed by atoms with Crippen LogP contribution >= 0.6 is 11.6 Å². The third kappa shape index (κ3) is 5.85. The highest BCUT2D eigenvalue weighted by atomic mass is 35.5. The highest BCUT2D eigenvalue weighted by molar-refractivity contribution is 6.30. The normalized spacial score (nSPS) is 15.8. The molecule has 2 unspecified atom stereocenters. The number of piperazine rings is 1. The van der Waals surface area contributed by atoms with Gasteiger partial charge in [0.25, 0.3) is 11.8 Å². The second kappa shape index (κ2) is 10.6. The zero-order valence-electron chi connectivity index (χ0n) is 17.7. The molecular weight excluding hydrogens is 434 g/mol. The average Bonchev–Trinajstić information content (AvgIpc) is 2.82. The number of anilines is 1. The van der Waals surface area contributed by atoms with Crippen molar-refractivity contribution in [1.82, 2.24) is 10.2 Å². The lowest BCUT2D eigenvalue weighted by Gasteiger charge is -2.37. The Balaban J connectivity index is 1.49. The van der Waals surface area contributed by atoms with E-state index >= 15 is 0 Å². The predicted molar refractivity (Wildman–Crippen MR) is 121 cm³/mol. The van der Waals surface area contributed by atoms with Gasteiger partial charge in [0.05, 0.1) is 0 Å². The quantitative estimate of drug-likeness (QED) is 0.537. The Morgan fingerprint density at radius 1 is 0.938 bits per heavy atom. The summed E-state index contributed by atoms with van der Waals surface area (Å²) in [4.78, 5) is 39.7. The molecule has 1 fully saturated rings. The van der Waals surface area contributed by atoms with Gasteiger partial charge in [0.2, 0.25) is 0 Å². The van der Waals surface area contributed by atoms with Gasteiger partial charge in [-0.1, -0.05) is 23.7 Å². The van der Waals surface area contributed by atoms with E-state index in [1.807, 2.05) is 12.1 Å². The van der Waals surface area contributed by atoms with Crippen LogP contribution in [0.2, 0.25) is 5.02 Å². The number of carbonyl (C=O) groups excluding carboxylic acids is 3. The van der Waals surface area contributed by atoms with Gasteiger partial charge >= 0.3 is 0 Å². The summed E-state index contributed by atoms with van der Waals surface area (Å²) < 4.78 is 0. The summed E-state index contributed by atoms with van der Waals surface area (Å²) in [5.41, 5.74) is 2.33. The fraction of sp³-hybridized carbons (Fsp3) is 0.348. The van der Waals surface area contributed by atoms with Crippen molar-refractivity contribution in [3.8, 4) is 0 Å². The fourth-order valence-corrected chi connectivity index (χ4v) is 3.58. The second-order valence-corrected chi connectivity index (χ2v) is 8.09. The molecule has 3 N–H and O–H groups in total. The van der Waals surface area contributed by atoms with Gasteiger partial charge in [0.15, 0.2) is 18.0 Å². The molecular formula is C23H26ClN3O5. The van der Waals surface area contributed by atoms with Crippen LogP contribution in [0, 0.1) is 0 Å². The number of halogens is 1. The number of carbonyl (C=O) groups is 3. The number of Topliss-reactive ketones (excluding diaryl/α,β-unsaturated/α-hetero) is 1. The number of hydrogen-bond acceptors (Lipinski definition) is 6. The van der Waals surface area contributed by atoms with Crippen molar-refractivity contribution in [2.24, 2.45) is 0 Å². The van der Waals surface area contributed by atoms with Crippen molar-refractivity contribution in [2.45, 2.75) is 25.7 Å². The van der Waals surface area contributed by atoms with E-state index in [2.05, 4.69) is 10.2 Å². The smallest absolute Gasteiger partial charge is 0.254 e. The zero-order chi connectivity index (χ0) is 23.3. The van der Waals surface area contributed by atoms with Gasteiger partial charge in [-0.25, -0.2) is 0 Å². The number of ketones is 1. The molecule has 2 amide bonds. The van der Waals surface area contributed by atoms with Crippen molar-refractivity contribution in [3.63, 3.8) is 0 Å². The van der Waals surface area contributed by atoms with E-state index in [1.54, 1.807) is 36.4 Å². The van der Waals surface area contributed by atoms with Crippen LogP contribution in [0.15, 0.2) is 48.5 Å². The van der Waals surface area contributed by atoms with Crippen LogP contribution in [-0.2, 0) is 16.1 Å². The molecule has 2 aromatic rings. The fourth-order valence-electron chi connectivity index (χ4n) is 3.45. The Morgan fingerprint density at radius 3 is 2.09 bits per heavy atom. The van der Waals surface area contributed by atoms with E-state index < -0.39 is 24.0 Å². The molecule has 1 heterocycles. The topological polar surface area (TPSA) is 110 Å². The molecule has 0 aliphatic carbocycles. The lowest BCUT2D eigenvalue weighted by Crippen LogP contribution is -2.55. The minimum Gasteiger partial charge on any atom is -0.380 e. The number of hydrogen-bond donors (Lipinski definition) is 3. The number of nitrogens with one attached hydrogen (secondary N) is 1. The summed E-state index contributed by atoms with van der Waals surface area (Å²) in [6.45, 7) is 3.37. The van der Waals surface area contributed by atoms with E-state index in [4.69, 9.17) is 11.6 Å². The first-order valence-corrected chi connectivity index (χ1v) is 10.7. The van der Waals surface area contributed by atoms with Crippen LogP contribution in [-0.4, -0.2) is 71.1 Å². The number of amides is 2. The first kappa shape index (κ1) is 23.7. The summed E-state index contributed by atoms with van der Waals surface area (Å²) in [6.07, 6.45) is -3.71. The summed E-state index contributed by atoms with van der Waals surface area (Å²) in [5.74, 6) is -1.52. The minimum absolute atomic E-state index is 0.00304. The second-order valence-electron chi connectivity index (χ2n) is 7.65. The Kier molecular flexibility index (Phi) is 7.84. The molecule has 9 heteroatoms. The van der Waals surface area contributed by atoms with Gasteiger partial charge in [-0.2, -0.15) is 0 Å². The summed E-state index contributed by atoms with van der Waals surface area (Å²) in [6, 6.07) is 14.0. The first-order chi connectivity index (χ1) is 15.3. The molecule has 0 saturated carbocycles. The Labute approximate surface area is 191 Å². The largest absolute Gasteiger partial charge is 0.380 e. The van der Waals surface area contributed by atoms with E-state index in [0.29, 0.717) is 36.8 Å². The number of aliphatic hydroxyl groups is 2. The Morgan fingerprint density at radius 2 is 1.53 bits per heavy atom. The highest BCUT2D eigenvalue weighted by Crippen LogP contribution is 2.18. The first-order valence-electron chi connectivity index (χ1n) is 10.3. The van der Waals surface area contributed by atoms with E-state index in [1.165, 1.54) is 11.8 Å². The van der Waals surface area contributed by atoms with Gasteiger partial charge < -0.3 is 25.3 Å². The van der Waals surface area contributed by atoms with E-state index in [9.17, 15) is 24.6 Å². The van der Waals surface area contributed by atoms with Crippen molar-refractivity contribution < 1.29 is 24.6 Å².